The van der Waals surface area contributed by atoms with Crippen LogP contribution in [0.1, 0.15) is 19.1 Å². The Morgan fingerprint density at radius 3 is 2.88 bits per heavy atom. The lowest BCUT2D eigenvalue weighted by atomic mass is 10.1. The van der Waals surface area contributed by atoms with E-state index in [0.717, 1.165) is 0 Å². The number of furan rings is 1. The number of rotatable bonds is 3. The fourth-order valence-corrected chi connectivity index (χ4v) is 2.00. The molecule has 0 radical (unpaired) electrons. The van der Waals surface area contributed by atoms with Gasteiger partial charge < -0.3 is 4.42 Å². The largest absolute Gasteiger partial charge is 0.463 e. The van der Waals surface area contributed by atoms with Gasteiger partial charge in [0.2, 0.25) is 5.91 Å². The maximum Gasteiger partial charge on any atom is 0.249 e. The molecule has 1 aliphatic rings. The van der Waals surface area contributed by atoms with Crippen molar-refractivity contribution in [2.24, 2.45) is 10.5 Å². The second-order valence-electron chi connectivity index (χ2n) is 3.93. The molecule has 6 heteroatoms. The van der Waals surface area contributed by atoms with Gasteiger partial charge in [-0.25, -0.2) is 5.43 Å². The Bertz CT molecular complexity index is 428. The van der Waals surface area contributed by atoms with Crippen molar-refractivity contribution in [3.63, 3.8) is 0 Å². The molecular weight excluding hydrogens is 251 g/mol. The number of nitrogens with zero attached hydrogens (tertiary/aromatic N) is 1. The Balaban J connectivity index is 1.90. The van der Waals surface area contributed by atoms with E-state index >= 15 is 0 Å². The molecule has 1 amide bonds. The zero-order valence-corrected chi connectivity index (χ0v) is 10.0. The third kappa shape index (κ3) is 1.95. The monoisotopic (exact) mass is 260 g/mol. The van der Waals surface area contributed by atoms with E-state index in [1.165, 1.54) is 12.5 Å². The number of hydrogen-bond acceptors (Lipinski definition) is 3. The van der Waals surface area contributed by atoms with Gasteiger partial charge in [-0.05, 0) is 25.5 Å². The van der Waals surface area contributed by atoms with Crippen LogP contribution in [-0.4, -0.2) is 16.5 Å². The molecule has 1 fully saturated rings. The molecule has 1 aromatic heterocycles. The maximum atomic E-state index is 11.6. The third-order valence-electron chi connectivity index (χ3n) is 2.66. The van der Waals surface area contributed by atoms with E-state index in [9.17, 15) is 4.79 Å². The number of hydrogen-bond donors (Lipinski definition) is 1. The lowest BCUT2D eigenvalue weighted by Gasteiger charge is -2.08. The first-order chi connectivity index (χ1) is 7.46. The van der Waals surface area contributed by atoms with Gasteiger partial charge in [0.05, 0.1) is 17.9 Å². The Kier molecular flexibility index (Phi) is 2.72. The van der Waals surface area contributed by atoms with Crippen molar-refractivity contribution >= 4 is 35.3 Å². The van der Waals surface area contributed by atoms with Crippen molar-refractivity contribution in [1.82, 2.24) is 5.43 Å². The average molecular weight is 261 g/mol. The van der Waals surface area contributed by atoms with E-state index in [0.29, 0.717) is 12.2 Å². The Hall–Kier alpha value is -1.000. The lowest BCUT2D eigenvalue weighted by molar-refractivity contribution is -0.125. The van der Waals surface area contributed by atoms with Crippen molar-refractivity contribution in [3.8, 4) is 0 Å². The molecule has 1 saturated carbocycles. The predicted octanol–water partition coefficient (Wildman–Crippen LogP) is 2.31. The summed E-state index contributed by atoms with van der Waals surface area (Å²) in [7, 11) is 0. The summed E-state index contributed by atoms with van der Waals surface area (Å²) in [6.07, 6.45) is 3.37. The highest BCUT2D eigenvalue weighted by molar-refractivity contribution is 6.53. The summed E-state index contributed by atoms with van der Waals surface area (Å²) in [6, 6.07) is 3.45. The number of hydrazone groups is 1. The van der Waals surface area contributed by atoms with E-state index in [1.807, 2.05) is 0 Å². The van der Waals surface area contributed by atoms with Gasteiger partial charge in [-0.1, -0.05) is 0 Å². The van der Waals surface area contributed by atoms with Crippen molar-refractivity contribution in [2.75, 3.05) is 0 Å². The van der Waals surface area contributed by atoms with Gasteiger partial charge in [0.15, 0.2) is 0 Å². The van der Waals surface area contributed by atoms with E-state index in [4.69, 9.17) is 27.6 Å². The summed E-state index contributed by atoms with van der Waals surface area (Å²) >= 11 is 11.7. The molecule has 4 nitrogen and oxygen atoms in total. The van der Waals surface area contributed by atoms with Gasteiger partial charge in [-0.2, -0.15) is 5.10 Å². The summed E-state index contributed by atoms with van der Waals surface area (Å²) in [5.74, 6) is 0.268. The maximum absolute atomic E-state index is 11.6. The minimum Gasteiger partial charge on any atom is -0.463 e. The highest BCUT2D eigenvalue weighted by Gasteiger charge is 2.68. The molecule has 0 bridgehead atoms. The van der Waals surface area contributed by atoms with Crippen molar-refractivity contribution in [3.05, 3.63) is 24.2 Å². The van der Waals surface area contributed by atoms with Crippen LogP contribution in [0, 0.1) is 5.41 Å². The van der Waals surface area contributed by atoms with Gasteiger partial charge >= 0.3 is 0 Å². The van der Waals surface area contributed by atoms with Crippen LogP contribution >= 0.6 is 23.2 Å². The topological polar surface area (TPSA) is 54.6 Å². The van der Waals surface area contributed by atoms with Crippen LogP contribution < -0.4 is 5.43 Å². The summed E-state index contributed by atoms with van der Waals surface area (Å²) in [6.45, 7) is 1.70. The summed E-state index contributed by atoms with van der Waals surface area (Å²) < 4.78 is 4.03. The van der Waals surface area contributed by atoms with Crippen LogP contribution in [0.2, 0.25) is 0 Å². The first-order valence-corrected chi connectivity index (χ1v) is 5.46. The number of carbonyl (C=O) groups is 1. The van der Waals surface area contributed by atoms with Crippen molar-refractivity contribution in [1.29, 1.82) is 0 Å². The van der Waals surface area contributed by atoms with Crippen LogP contribution in [0.4, 0.5) is 0 Å². The summed E-state index contributed by atoms with van der Waals surface area (Å²) in [5.41, 5.74) is 1.63. The number of halogens is 2. The van der Waals surface area contributed by atoms with Crippen LogP contribution in [0.25, 0.3) is 0 Å². The molecule has 1 heterocycles. The lowest BCUT2D eigenvalue weighted by Crippen LogP contribution is -2.29. The third-order valence-corrected chi connectivity index (χ3v) is 3.76. The molecule has 0 unspecified atom stereocenters. The van der Waals surface area contributed by atoms with Crippen LogP contribution in [0.15, 0.2) is 27.9 Å². The Labute approximate surface area is 103 Å². The molecule has 0 aromatic carbocycles. The molecular formula is C10H10Cl2N2O2. The van der Waals surface area contributed by atoms with E-state index in [-0.39, 0.29) is 5.91 Å². The second-order valence-corrected chi connectivity index (χ2v) is 5.41. The fourth-order valence-electron chi connectivity index (χ4n) is 1.29. The normalized spacial score (nSPS) is 26.9. The Morgan fingerprint density at radius 2 is 2.38 bits per heavy atom. The number of amides is 1. The number of nitrogens with one attached hydrogen (secondary N) is 1. The fraction of sp³-hybridized carbons (Fsp3) is 0.400. The summed E-state index contributed by atoms with van der Waals surface area (Å²) in [5, 5.41) is 3.75. The van der Waals surface area contributed by atoms with Crippen molar-refractivity contribution < 1.29 is 9.21 Å². The van der Waals surface area contributed by atoms with Gasteiger partial charge in [0, 0.05) is 0 Å². The first kappa shape index (κ1) is 11.5. The standard InChI is InChI=1S/C10H10Cl2N2O2/c1-9(6-10(9,11)12)8(15)14-13-5-7-3-2-4-16-7/h2-5H,6H2,1H3,(H,14,15)/b13-5-/t9-/m1/s1. The number of alkyl halides is 2. The van der Waals surface area contributed by atoms with Gasteiger partial charge in [0.25, 0.3) is 0 Å². The van der Waals surface area contributed by atoms with Gasteiger partial charge in [-0.3, -0.25) is 4.79 Å². The smallest absolute Gasteiger partial charge is 0.249 e. The second kappa shape index (κ2) is 3.79. The zero-order valence-electron chi connectivity index (χ0n) is 8.54. The molecule has 0 saturated heterocycles. The first-order valence-electron chi connectivity index (χ1n) is 4.70. The Morgan fingerprint density at radius 1 is 1.69 bits per heavy atom. The molecule has 0 spiro atoms. The summed E-state index contributed by atoms with van der Waals surface area (Å²) in [4.78, 5) is 11.6. The van der Waals surface area contributed by atoms with E-state index < -0.39 is 9.75 Å². The molecule has 86 valence electrons. The molecule has 1 atom stereocenters. The highest BCUT2D eigenvalue weighted by atomic mass is 35.5. The van der Waals surface area contributed by atoms with E-state index in [1.54, 1.807) is 19.1 Å². The minimum absolute atomic E-state index is 0.291. The zero-order chi connectivity index (χ0) is 11.8. The number of carbonyl (C=O) groups excluding carboxylic acids is 1. The van der Waals surface area contributed by atoms with Crippen molar-refractivity contribution in [2.45, 2.75) is 17.7 Å². The minimum atomic E-state index is -0.975. The van der Waals surface area contributed by atoms with E-state index in [2.05, 4.69) is 10.5 Å². The van der Waals surface area contributed by atoms with Crippen LogP contribution in [-0.2, 0) is 4.79 Å². The quantitative estimate of drug-likeness (QED) is 0.515. The van der Waals surface area contributed by atoms with Crippen LogP contribution in [0.5, 0.6) is 0 Å². The molecule has 0 aliphatic heterocycles. The SMILES string of the molecule is C[C@]1(C(=O)N/N=C\c2ccco2)CC1(Cl)Cl. The molecule has 2 rings (SSSR count). The highest BCUT2D eigenvalue weighted by Crippen LogP contribution is 2.63. The molecule has 16 heavy (non-hydrogen) atoms. The van der Waals surface area contributed by atoms with Crippen LogP contribution in [0.3, 0.4) is 0 Å². The predicted molar refractivity (Wildman–Crippen MR) is 61.6 cm³/mol. The molecule has 1 aliphatic carbocycles. The van der Waals surface area contributed by atoms with Gasteiger partial charge in [-0.15, -0.1) is 23.2 Å². The molecule has 1 aromatic rings. The van der Waals surface area contributed by atoms with Gasteiger partial charge in [0.1, 0.15) is 10.1 Å². The molecule has 1 N–H and O–H groups in total. The average Bonchev–Trinajstić information content (AvgIpc) is 2.64.